The van der Waals surface area contributed by atoms with Crippen LogP contribution in [0.3, 0.4) is 0 Å². The van der Waals surface area contributed by atoms with Crippen LogP contribution in [-0.2, 0) is 22.5 Å². The lowest BCUT2D eigenvalue weighted by Crippen LogP contribution is -2.51. The van der Waals surface area contributed by atoms with Crippen LogP contribution in [0.5, 0.6) is 11.5 Å². The van der Waals surface area contributed by atoms with Crippen molar-refractivity contribution in [1.29, 1.82) is 0 Å². The normalized spacial score (nSPS) is 18.8. The van der Waals surface area contributed by atoms with Gasteiger partial charge in [0.1, 0.15) is 11.5 Å². The highest BCUT2D eigenvalue weighted by Gasteiger charge is 2.51. The molecule has 1 aliphatic rings. The van der Waals surface area contributed by atoms with Crippen molar-refractivity contribution in [2.75, 3.05) is 32.7 Å². The molecule has 0 aromatic heterocycles. The van der Waals surface area contributed by atoms with Gasteiger partial charge >= 0.3 is 0 Å². The second-order valence-corrected chi connectivity index (χ2v) is 18.4. The Hall–Kier alpha value is -4.44. The minimum absolute atomic E-state index is 0.00226. The van der Waals surface area contributed by atoms with E-state index in [2.05, 4.69) is 37.5 Å². The van der Waals surface area contributed by atoms with Crippen LogP contribution < -0.4 is 20.0 Å². The number of anilines is 1. The summed E-state index contributed by atoms with van der Waals surface area (Å²) in [5.74, 6) is 1.59. The highest BCUT2D eigenvalue weighted by atomic mass is 28.3. The molecule has 0 spiro atoms. The molecular weight excluding hydrogens is 645 g/mol. The Morgan fingerprint density at radius 3 is 2.04 bits per heavy atom. The first-order valence-corrected chi connectivity index (χ1v) is 20.5. The van der Waals surface area contributed by atoms with Gasteiger partial charge in [0.25, 0.3) is 5.91 Å². The zero-order valence-electron chi connectivity index (χ0n) is 29.8. The summed E-state index contributed by atoms with van der Waals surface area (Å²) < 4.78 is 17.5. The van der Waals surface area contributed by atoms with E-state index in [4.69, 9.17) is 14.2 Å². The largest absolute Gasteiger partial charge is 0.497 e. The fraction of sp³-hybridized carbons (Fsp3) is 0.366. The summed E-state index contributed by atoms with van der Waals surface area (Å²) >= 11 is 0. The maximum Gasteiger partial charge on any atom is 0.255 e. The van der Waals surface area contributed by atoms with Crippen molar-refractivity contribution >= 4 is 30.8 Å². The number of benzene rings is 4. The van der Waals surface area contributed by atoms with E-state index < -0.39 is 8.07 Å². The van der Waals surface area contributed by atoms with Gasteiger partial charge in [-0.05, 0) is 84.0 Å². The summed E-state index contributed by atoms with van der Waals surface area (Å²) in [5.41, 5.74) is 3.68. The Labute approximate surface area is 297 Å². The number of carbonyl (C=O) groups excluding carboxylic acids is 2. The molecule has 0 radical (unpaired) electrons. The number of methoxy groups -OCH3 is 2. The first-order valence-electron chi connectivity index (χ1n) is 17.4. The fourth-order valence-electron chi connectivity index (χ4n) is 7.37. The van der Waals surface area contributed by atoms with E-state index in [0.717, 1.165) is 35.4 Å². The van der Waals surface area contributed by atoms with Gasteiger partial charge in [-0.1, -0.05) is 79.8 Å². The molecule has 4 aromatic carbocycles. The van der Waals surface area contributed by atoms with Crippen molar-refractivity contribution in [1.82, 2.24) is 4.90 Å². The molecule has 50 heavy (non-hydrogen) atoms. The standard InChI is InChI=1S/C41H50N2O6Si/c1-29-37(24-13-30-11-16-33(17-12-30)42-41(46)32-14-18-34(47-2)19-15-32)49-38(40(29)50(4,5)36-22-20-35(48-3)21-23-36)27-39(45)43(25-26-44)28-31-9-7-6-8-10-31/h6-12,14-23,29,37-38,40,44H,13,24-28H2,1-5H3,(H,42,46)/t29-,37+,38-,40+/m1/s1. The molecule has 1 fully saturated rings. The van der Waals surface area contributed by atoms with E-state index in [1.807, 2.05) is 66.7 Å². The summed E-state index contributed by atoms with van der Waals surface area (Å²) in [4.78, 5) is 28.4. The summed E-state index contributed by atoms with van der Waals surface area (Å²) in [6, 6.07) is 33.3. The van der Waals surface area contributed by atoms with Gasteiger partial charge in [0.05, 0.1) is 47.5 Å². The molecule has 9 heteroatoms. The highest BCUT2D eigenvalue weighted by Crippen LogP contribution is 2.46. The molecule has 264 valence electrons. The predicted octanol–water partition coefficient (Wildman–Crippen LogP) is 6.69. The van der Waals surface area contributed by atoms with Crippen LogP contribution >= 0.6 is 0 Å². The molecule has 1 heterocycles. The monoisotopic (exact) mass is 694 g/mol. The van der Waals surface area contributed by atoms with Crippen LogP contribution in [0, 0.1) is 5.92 Å². The zero-order chi connectivity index (χ0) is 35.7. The molecule has 5 rings (SSSR count). The average molecular weight is 695 g/mol. The van der Waals surface area contributed by atoms with Crippen molar-refractivity contribution < 1.29 is 28.9 Å². The molecule has 0 saturated carbocycles. The minimum Gasteiger partial charge on any atom is -0.497 e. The Balaban J connectivity index is 1.29. The van der Waals surface area contributed by atoms with Crippen molar-refractivity contribution in [3.05, 3.63) is 120 Å². The highest BCUT2D eigenvalue weighted by molar-refractivity contribution is 6.91. The molecule has 2 amide bonds. The molecule has 2 N–H and O–H groups in total. The van der Waals surface area contributed by atoms with Crippen molar-refractivity contribution in [3.63, 3.8) is 0 Å². The maximum absolute atomic E-state index is 13.9. The summed E-state index contributed by atoms with van der Waals surface area (Å²) in [6.07, 6.45) is 1.64. The Morgan fingerprint density at radius 1 is 0.820 bits per heavy atom. The van der Waals surface area contributed by atoms with Crippen LogP contribution in [0.4, 0.5) is 5.69 Å². The van der Waals surface area contributed by atoms with Gasteiger partial charge in [-0.15, -0.1) is 0 Å². The second kappa shape index (κ2) is 17.0. The number of rotatable bonds is 15. The summed E-state index contributed by atoms with van der Waals surface area (Å²) in [6.45, 7) is 7.68. The first kappa shape index (κ1) is 36.8. The fourth-order valence-corrected chi connectivity index (χ4v) is 11.4. The van der Waals surface area contributed by atoms with E-state index in [-0.39, 0.29) is 55.1 Å². The van der Waals surface area contributed by atoms with Crippen LogP contribution in [-0.4, -0.2) is 69.5 Å². The summed E-state index contributed by atoms with van der Waals surface area (Å²) in [5, 5.41) is 14.1. The number of nitrogens with one attached hydrogen (secondary N) is 1. The third kappa shape index (κ3) is 9.01. The van der Waals surface area contributed by atoms with Crippen LogP contribution in [0.15, 0.2) is 103 Å². The van der Waals surface area contributed by atoms with Crippen LogP contribution in [0.25, 0.3) is 0 Å². The van der Waals surface area contributed by atoms with Gasteiger partial charge in [0.15, 0.2) is 0 Å². The van der Waals surface area contributed by atoms with E-state index in [9.17, 15) is 14.7 Å². The topological polar surface area (TPSA) is 97.3 Å². The first-order chi connectivity index (χ1) is 24.1. The molecule has 4 aromatic rings. The number of aliphatic hydroxyl groups excluding tert-OH is 1. The summed E-state index contributed by atoms with van der Waals surface area (Å²) in [7, 11) is 1.12. The number of ether oxygens (including phenoxy) is 3. The lowest BCUT2D eigenvalue weighted by atomic mass is 9.95. The Morgan fingerprint density at radius 2 is 1.44 bits per heavy atom. The number of hydrogen-bond donors (Lipinski definition) is 2. The van der Waals surface area contributed by atoms with E-state index >= 15 is 0 Å². The van der Waals surface area contributed by atoms with Gasteiger partial charge < -0.3 is 29.5 Å². The number of hydrogen-bond acceptors (Lipinski definition) is 6. The number of nitrogens with zero attached hydrogens (tertiary/aromatic N) is 1. The molecule has 4 atom stereocenters. The third-order valence-electron chi connectivity index (χ3n) is 10.2. The second-order valence-electron chi connectivity index (χ2n) is 13.7. The molecule has 8 nitrogen and oxygen atoms in total. The van der Waals surface area contributed by atoms with Crippen molar-refractivity contribution in [3.8, 4) is 11.5 Å². The molecule has 1 saturated heterocycles. The molecule has 0 unspecified atom stereocenters. The maximum atomic E-state index is 13.9. The van der Waals surface area contributed by atoms with E-state index in [1.165, 1.54) is 5.19 Å². The van der Waals surface area contributed by atoms with Gasteiger partial charge in [-0.2, -0.15) is 0 Å². The molecular formula is C41H50N2O6Si. The van der Waals surface area contributed by atoms with Gasteiger partial charge in [0.2, 0.25) is 5.91 Å². The van der Waals surface area contributed by atoms with Gasteiger partial charge in [-0.25, -0.2) is 0 Å². The molecule has 1 aliphatic heterocycles. The minimum atomic E-state index is -2.16. The van der Waals surface area contributed by atoms with Crippen molar-refractivity contribution in [2.45, 2.75) is 63.6 Å². The zero-order valence-corrected chi connectivity index (χ0v) is 30.8. The quantitative estimate of drug-likeness (QED) is 0.135. The predicted molar refractivity (Wildman–Crippen MR) is 201 cm³/mol. The van der Waals surface area contributed by atoms with Crippen molar-refractivity contribution in [2.24, 2.45) is 5.92 Å². The number of carbonyl (C=O) groups is 2. The number of aliphatic hydroxyl groups is 1. The van der Waals surface area contributed by atoms with Gasteiger partial charge in [-0.3, -0.25) is 9.59 Å². The SMILES string of the molecule is COc1ccc(C(=O)Nc2ccc(CC[C@@H]3O[C@H](CC(=O)N(CCO)Cc4ccccc4)[C@@H]([Si](C)(C)c4ccc(OC)cc4)[C@@H]3C)cc2)cc1. The van der Waals surface area contributed by atoms with E-state index in [0.29, 0.717) is 17.9 Å². The molecule has 0 aliphatic carbocycles. The van der Waals surface area contributed by atoms with E-state index in [1.54, 1.807) is 43.4 Å². The average Bonchev–Trinajstić information content (AvgIpc) is 3.46. The molecule has 0 bridgehead atoms. The number of aryl methyl sites for hydroxylation is 1. The lowest BCUT2D eigenvalue weighted by molar-refractivity contribution is -0.135. The lowest BCUT2D eigenvalue weighted by Gasteiger charge is -2.36. The third-order valence-corrected chi connectivity index (χ3v) is 14.6. The number of amides is 2. The van der Waals surface area contributed by atoms with Crippen LogP contribution in [0.1, 0.15) is 41.3 Å². The Kier molecular flexibility index (Phi) is 12.5. The Bertz CT molecular complexity index is 1680. The van der Waals surface area contributed by atoms with Crippen LogP contribution in [0.2, 0.25) is 18.6 Å². The van der Waals surface area contributed by atoms with Gasteiger partial charge in [0, 0.05) is 24.3 Å². The smallest absolute Gasteiger partial charge is 0.255 e.